The van der Waals surface area contributed by atoms with Gasteiger partial charge in [-0.2, -0.15) is 22.1 Å². The molecule has 1 saturated carbocycles. The lowest BCUT2D eigenvalue weighted by Crippen LogP contribution is -2.50. The van der Waals surface area contributed by atoms with Gasteiger partial charge in [0, 0.05) is 32.7 Å². The molecule has 3 rings (SSSR count). The molecule has 1 aromatic rings. The molecule has 1 atom stereocenters. The van der Waals surface area contributed by atoms with Crippen molar-refractivity contribution in [3.8, 4) is 0 Å². The molecular formula is C15H27N5O2S. The first kappa shape index (κ1) is 16.9. The Morgan fingerprint density at radius 3 is 2.65 bits per heavy atom. The standard InChI is InChI=1S/C15H27N5O2S/c1-18(15-7-3-2-4-8-15)23(21,22)20-9-5-6-14(11-20)10-19-13-16-12-17-19/h12-15H,2-11H2,1H3/t14-/m1/s1. The van der Waals surface area contributed by atoms with Gasteiger partial charge in [0.15, 0.2) is 0 Å². The third-order valence-electron chi connectivity index (χ3n) is 5.17. The lowest BCUT2D eigenvalue weighted by molar-refractivity contribution is 0.211. The molecule has 0 spiro atoms. The van der Waals surface area contributed by atoms with Gasteiger partial charge in [0.2, 0.25) is 0 Å². The Hall–Kier alpha value is -0.990. The van der Waals surface area contributed by atoms with Gasteiger partial charge in [0.1, 0.15) is 12.7 Å². The minimum atomic E-state index is -3.35. The lowest BCUT2D eigenvalue weighted by atomic mass is 9.96. The van der Waals surface area contributed by atoms with Gasteiger partial charge >= 0.3 is 0 Å². The number of rotatable bonds is 5. The van der Waals surface area contributed by atoms with Crippen LogP contribution in [0.25, 0.3) is 0 Å². The Labute approximate surface area is 138 Å². The fourth-order valence-corrected chi connectivity index (χ4v) is 5.50. The normalized spacial score (nSPS) is 25.0. The van der Waals surface area contributed by atoms with Gasteiger partial charge in [-0.1, -0.05) is 19.3 Å². The maximum Gasteiger partial charge on any atom is 0.281 e. The fourth-order valence-electron chi connectivity index (χ4n) is 3.79. The molecule has 0 unspecified atom stereocenters. The molecule has 1 aromatic heterocycles. The zero-order chi connectivity index (χ0) is 16.3. The van der Waals surface area contributed by atoms with Crippen LogP contribution in [0.2, 0.25) is 0 Å². The molecular weight excluding hydrogens is 314 g/mol. The van der Waals surface area contributed by atoms with Crippen LogP contribution < -0.4 is 0 Å². The maximum absolute atomic E-state index is 12.9. The Morgan fingerprint density at radius 2 is 1.96 bits per heavy atom. The van der Waals surface area contributed by atoms with E-state index in [1.54, 1.807) is 26.7 Å². The van der Waals surface area contributed by atoms with E-state index in [4.69, 9.17) is 0 Å². The highest BCUT2D eigenvalue weighted by Crippen LogP contribution is 2.27. The summed E-state index contributed by atoms with van der Waals surface area (Å²) in [6.45, 7) is 1.95. The minimum Gasteiger partial charge on any atom is -0.253 e. The summed E-state index contributed by atoms with van der Waals surface area (Å²) in [4.78, 5) is 3.96. The fraction of sp³-hybridized carbons (Fsp3) is 0.867. The van der Waals surface area contributed by atoms with E-state index in [0.29, 0.717) is 19.0 Å². The highest BCUT2D eigenvalue weighted by molar-refractivity contribution is 7.86. The van der Waals surface area contributed by atoms with Gasteiger partial charge in [-0.3, -0.25) is 4.68 Å². The summed E-state index contributed by atoms with van der Waals surface area (Å²) >= 11 is 0. The Morgan fingerprint density at radius 1 is 1.17 bits per heavy atom. The van der Waals surface area contributed by atoms with E-state index >= 15 is 0 Å². The van der Waals surface area contributed by atoms with E-state index in [2.05, 4.69) is 10.1 Å². The molecule has 8 heteroatoms. The molecule has 130 valence electrons. The van der Waals surface area contributed by atoms with Crippen molar-refractivity contribution in [3.05, 3.63) is 12.7 Å². The summed E-state index contributed by atoms with van der Waals surface area (Å²) in [5, 5.41) is 4.13. The largest absolute Gasteiger partial charge is 0.281 e. The first-order valence-electron chi connectivity index (χ1n) is 8.63. The van der Waals surface area contributed by atoms with Gasteiger partial charge in [0.25, 0.3) is 10.2 Å². The lowest BCUT2D eigenvalue weighted by Gasteiger charge is -2.38. The number of piperidine rings is 1. The van der Waals surface area contributed by atoms with Gasteiger partial charge < -0.3 is 0 Å². The third kappa shape index (κ3) is 3.92. The third-order valence-corrected chi connectivity index (χ3v) is 7.18. The van der Waals surface area contributed by atoms with Crippen molar-refractivity contribution in [3.63, 3.8) is 0 Å². The molecule has 7 nitrogen and oxygen atoms in total. The maximum atomic E-state index is 12.9. The monoisotopic (exact) mass is 341 g/mol. The molecule has 0 radical (unpaired) electrons. The van der Waals surface area contributed by atoms with Gasteiger partial charge in [-0.05, 0) is 31.6 Å². The molecule has 0 aromatic carbocycles. The van der Waals surface area contributed by atoms with Gasteiger partial charge in [-0.25, -0.2) is 4.98 Å². The predicted octanol–water partition coefficient (Wildman–Crippen LogP) is 1.50. The van der Waals surface area contributed by atoms with Gasteiger partial charge in [0.05, 0.1) is 0 Å². The van der Waals surface area contributed by atoms with E-state index in [1.807, 2.05) is 0 Å². The smallest absolute Gasteiger partial charge is 0.253 e. The number of aromatic nitrogens is 3. The van der Waals surface area contributed by atoms with Crippen molar-refractivity contribution in [2.45, 2.75) is 57.5 Å². The Balaban J connectivity index is 1.64. The van der Waals surface area contributed by atoms with Crippen molar-refractivity contribution < 1.29 is 8.42 Å². The first-order chi connectivity index (χ1) is 11.1. The van der Waals surface area contributed by atoms with E-state index in [1.165, 1.54) is 12.7 Å². The van der Waals surface area contributed by atoms with Crippen molar-refractivity contribution >= 4 is 10.2 Å². The summed E-state index contributed by atoms with van der Waals surface area (Å²) < 4.78 is 31.0. The van der Waals surface area contributed by atoms with Gasteiger partial charge in [-0.15, -0.1) is 0 Å². The van der Waals surface area contributed by atoms with Crippen LogP contribution in [0.5, 0.6) is 0 Å². The summed E-state index contributed by atoms with van der Waals surface area (Å²) in [7, 11) is -1.60. The zero-order valence-electron chi connectivity index (χ0n) is 13.8. The first-order valence-corrected chi connectivity index (χ1v) is 10.0. The Kier molecular flexibility index (Phi) is 5.33. The molecule has 2 fully saturated rings. The van der Waals surface area contributed by atoms with Crippen LogP contribution in [0.4, 0.5) is 0 Å². The molecule has 2 heterocycles. The quantitative estimate of drug-likeness (QED) is 0.814. The molecule has 0 N–H and O–H groups in total. The summed E-state index contributed by atoms with van der Waals surface area (Å²) in [6, 6.07) is 0.171. The highest BCUT2D eigenvalue weighted by atomic mass is 32.2. The van der Waals surface area contributed by atoms with E-state index < -0.39 is 10.2 Å². The van der Waals surface area contributed by atoms with Crippen LogP contribution in [0.1, 0.15) is 44.9 Å². The van der Waals surface area contributed by atoms with Crippen LogP contribution in [0.15, 0.2) is 12.7 Å². The Bertz CT molecular complexity index is 583. The summed E-state index contributed by atoms with van der Waals surface area (Å²) in [6.07, 6.45) is 10.7. The minimum absolute atomic E-state index is 0.171. The SMILES string of the molecule is CN(C1CCCCC1)S(=O)(=O)N1CCC[C@H](Cn2cncn2)C1. The highest BCUT2D eigenvalue weighted by Gasteiger charge is 2.35. The van der Waals surface area contributed by atoms with Crippen LogP contribution in [0.3, 0.4) is 0 Å². The number of nitrogens with zero attached hydrogens (tertiary/aromatic N) is 5. The topological polar surface area (TPSA) is 71.3 Å². The van der Waals surface area contributed by atoms with Crippen molar-refractivity contribution in [2.24, 2.45) is 5.92 Å². The number of hydrogen-bond donors (Lipinski definition) is 0. The average molecular weight is 341 g/mol. The van der Waals surface area contributed by atoms with Crippen LogP contribution >= 0.6 is 0 Å². The molecule has 0 amide bonds. The predicted molar refractivity (Wildman–Crippen MR) is 87.9 cm³/mol. The second-order valence-corrected chi connectivity index (χ2v) is 8.79. The molecule has 1 aliphatic heterocycles. The molecule has 23 heavy (non-hydrogen) atoms. The second kappa shape index (κ2) is 7.27. The molecule has 1 aliphatic carbocycles. The molecule has 1 saturated heterocycles. The van der Waals surface area contributed by atoms with Crippen molar-refractivity contribution in [2.75, 3.05) is 20.1 Å². The van der Waals surface area contributed by atoms with Crippen molar-refractivity contribution in [1.82, 2.24) is 23.4 Å². The van der Waals surface area contributed by atoms with Crippen molar-refractivity contribution in [1.29, 1.82) is 0 Å². The van der Waals surface area contributed by atoms with Crippen LogP contribution in [0, 0.1) is 5.92 Å². The average Bonchev–Trinajstić information content (AvgIpc) is 3.08. The summed E-state index contributed by atoms with van der Waals surface area (Å²) in [5.74, 6) is 0.306. The molecule has 0 bridgehead atoms. The van der Waals surface area contributed by atoms with E-state index in [0.717, 1.165) is 45.1 Å². The second-order valence-electron chi connectivity index (χ2n) is 6.80. The van der Waals surface area contributed by atoms with E-state index in [9.17, 15) is 8.42 Å². The number of hydrogen-bond acceptors (Lipinski definition) is 4. The zero-order valence-corrected chi connectivity index (χ0v) is 14.7. The van der Waals surface area contributed by atoms with Crippen LogP contribution in [-0.2, 0) is 16.8 Å². The molecule has 2 aliphatic rings. The summed E-state index contributed by atoms with van der Waals surface area (Å²) in [5.41, 5.74) is 0. The van der Waals surface area contributed by atoms with E-state index in [-0.39, 0.29) is 6.04 Å². The van der Waals surface area contributed by atoms with Crippen LogP contribution in [-0.4, -0.2) is 58.0 Å².